The summed E-state index contributed by atoms with van der Waals surface area (Å²) in [4.78, 5) is 0.567. The van der Waals surface area contributed by atoms with E-state index in [2.05, 4.69) is 0 Å². The summed E-state index contributed by atoms with van der Waals surface area (Å²) in [6.07, 6.45) is 0. The fraction of sp³-hybridized carbons (Fsp3) is 0.500. The van der Waals surface area contributed by atoms with Crippen LogP contribution in [-0.2, 0) is 10.2 Å². The average Bonchev–Trinajstić information content (AvgIpc) is 2.34. The summed E-state index contributed by atoms with van der Waals surface area (Å²) >= 11 is 1.27. The molecular formula is C8H11FO2S2. The first-order chi connectivity index (χ1) is 5.93. The van der Waals surface area contributed by atoms with Crippen LogP contribution >= 0.6 is 11.3 Å². The quantitative estimate of drug-likeness (QED) is 0.737. The van der Waals surface area contributed by atoms with Gasteiger partial charge in [0, 0.05) is 4.88 Å². The summed E-state index contributed by atoms with van der Waals surface area (Å²) in [6.45, 7) is 3.39. The van der Waals surface area contributed by atoms with Gasteiger partial charge in [-0.15, -0.1) is 15.2 Å². The van der Waals surface area contributed by atoms with Gasteiger partial charge in [0.05, 0.1) is 0 Å². The van der Waals surface area contributed by atoms with Crippen LogP contribution in [0, 0.1) is 5.92 Å². The van der Waals surface area contributed by atoms with Gasteiger partial charge in [0.25, 0.3) is 0 Å². The highest BCUT2D eigenvalue weighted by molar-refractivity contribution is 7.86. The van der Waals surface area contributed by atoms with Gasteiger partial charge in [-0.1, -0.05) is 19.9 Å². The molecule has 0 spiro atoms. The summed E-state index contributed by atoms with van der Waals surface area (Å²) in [6, 6.07) is 3.37. The normalized spacial score (nSPS) is 14.8. The van der Waals surface area contributed by atoms with Crippen LogP contribution in [0.4, 0.5) is 3.89 Å². The van der Waals surface area contributed by atoms with Crippen LogP contribution in [0.25, 0.3) is 0 Å². The molecule has 1 aromatic heterocycles. The minimum Gasteiger partial charge on any atom is -0.194 e. The van der Waals surface area contributed by atoms with Crippen molar-refractivity contribution < 1.29 is 12.3 Å². The maximum Gasteiger partial charge on any atom is 0.310 e. The minimum atomic E-state index is -4.48. The Labute approximate surface area is 81.6 Å². The SMILES string of the molecule is CC(C)C(c1cccs1)S(=O)(=O)F. The number of thiophene rings is 1. The van der Waals surface area contributed by atoms with Crippen LogP contribution in [0.15, 0.2) is 17.5 Å². The van der Waals surface area contributed by atoms with Crippen molar-refractivity contribution in [2.75, 3.05) is 0 Å². The summed E-state index contributed by atoms with van der Waals surface area (Å²) in [5.74, 6) is -0.242. The topological polar surface area (TPSA) is 34.1 Å². The molecule has 0 saturated heterocycles. The molecule has 2 nitrogen and oxygen atoms in total. The molecule has 1 atom stereocenters. The zero-order valence-electron chi connectivity index (χ0n) is 7.40. The van der Waals surface area contributed by atoms with Crippen molar-refractivity contribution in [1.82, 2.24) is 0 Å². The lowest BCUT2D eigenvalue weighted by Gasteiger charge is -2.14. The van der Waals surface area contributed by atoms with Crippen LogP contribution in [0.1, 0.15) is 24.0 Å². The molecule has 0 saturated carbocycles. The van der Waals surface area contributed by atoms with Crippen LogP contribution < -0.4 is 0 Å². The largest absolute Gasteiger partial charge is 0.310 e. The standard InChI is InChI=1S/C8H11FO2S2/c1-6(2)8(13(9,10)11)7-4-3-5-12-7/h3-6,8H,1-2H3. The molecule has 0 amide bonds. The number of halogens is 1. The first-order valence-corrected chi connectivity index (χ1v) is 6.22. The van der Waals surface area contributed by atoms with Crippen LogP contribution in [0.2, 0.25) is 0 Å². The van der Waals surface area contributed by atoms with Gasteiger partial charge in [-0.25, -0.2) is 0 Å². The van der Waals surface area contributed by atoms with E-state index in [1.807, 2.05) is 0 Å². The van der Waals surface area contributed by atoms with Crippen molar-refractivity contribution in [2.45, 2.75) is 19.1 Å². The lowest BCUT2D eigenvalue weighted by atomic mass is 10.1. The van der Waals surface area contributed by atoms with Crippen LogP contribution in [0.3, 0.4) is 0 Å². The Hall–Kier alpha value is -0.420. The predicted octanol–water partition coefficient (Wildman–Crippen LogP) is 2.74. The first kappa shape index (κ1) is 10.7. The highest BCUT2D eigenvalue weighted by Crippen LogP contribution is 2.33. The van der Waals surface area contributed by atoms with Crippen LogP contribution in [0.5, 0.6) is 0 Å². The molecule has 0 radical (unpaired) electrons. The lowest BCUT2D eigenvalue weighted by Crippen LogP contribution is -2.13. The van der Waals surface area contributed by atoms with Gasteiger partial charge in [-0.05, 0) is 17.4 Å². The van der Waals surface area contributed by atoms with Gasteiger partial charge in [0.2, 0.25) is 0 Å². The molecule has 1 aromatic rings. The van der Waals surface area contributed by atoms with Crippen LogP contribution in [-0.4, -0.2) is 8.42 Å². The fourth-order valence-corrected chi connectivity index (χ4v) is 3.64. The second-order valence-corrected chi connectivity index (χ2v) is 5.59. The Kier molecular flexibility index (Phi) is 3.08. The third-order valence-corrected chi connectivity index (χ3v) is 4.24. The average molecular weight is 222 g/mol. The maximum absolute atomic E-state index is 12.8. The van der Waals surface area contributed by atoms with Crippen molar-refractivity contribution in [1.29, 1.82) is 0 Å². The molecule has 1 rings (SSSR count). The summed E-state index contributed by atoms with van der Waals surface area (Å²) in [5.41, 5.74) is 0. The molecule has 1 unspecified atom stereocenters. The molecular weight excluding hydrogens is 211 g/mol. The molecule has 1 heterocycles. The van der Waals surface area contributed by atoms with E-state index in [0.717, 1.165) is 0 Å². The lowest BCUT2D eigenvalue weighted by molar-refractivity contribution is 0.504. The number of hydrogen-bond donors (Lipinski definition) is 0. The molecule has 13 heavy (non-hydrogen) atoms. The Morgan fingerprint density at radius 1 is 1.46 bits per heavy atom. The number of hydrogen-bond acceptors (Lipinski definition) is 3. The molecule has 0 N–H and O–H groups in total. The second kappa shape index (κ2) is 3.75. The van der Waals surface area contributed by atoms with Crippen molar-refractivity contribution in [3.8, 4) is 0 Å². The van der Waals surface area contributed by atoms with E-state index in [9.17, 15) is 12.3 Å². The Morgan fingerprint density at radius 3 is 2.38 bits per heavy atom. The van der Waals surface area contributed by atoms with Crippen molar-refractivity contribution in [3.05, 3.63) is 22.4 Å². The minimum absolute atomic E-state index is 0.242. The molecule has 0 aliphatic rings. The van der Waals surface area contributed by atoms with E-state index in [1.54, 1.807) is 31.4 Å². The van der Waals surface area contributed by atoms with Crippen molar-refractivity contribution >= 4 is 21.6 Å². The van der Waals surface area contributed by atoms with Gasteiger partial charge >= 0.3 is 10.2 Å². The summed E-state index contributed by atoms with van der Waals surface area (Å²) < 4.78 is 34.5. The smallest absolute Gasteiger partial charge is 0.194 e. The highest BCUT2D eigenvalue weighted by atomic mass is 32.3. The molecule has 0 fully saturated rings. The monoisotopic (exact) mass is 222 g/mol. The zero-order chi connectivity index (χ0) is 10.1. The summed E-state index contributed by atoms with van der Waals surface area (Å²) in [7, 11) is -4.48. The second-order valence-electron chi connectivity index (χ2n) is 3.16. The maximum atomic E-state index is 12.8. The third-order valence-electron chi connectivity index (χ3n) is 1.73. The van der Waals surface area contributed by atoms with Crippen molar-refractivity contribution in [2.24, 2.45) is 5.92 Å². The van der Waals surface area contributed by atoms with E-state index in [1.165, 1.54) is 11.3 Å². The molecule has 0 aliphatic carbocycles. The third kappa shape index (κ3) is 2.51. The van der Waals surface area contributed by atoms with Gasteiger partial charge in [-0.3, -0.25) is 0 Å². The predicted molar refractivity (Wildman–Crippen MR) is 51.9 cm³/mol. The van der Waals surface area contributed by atoms with Gasteiger partial charge < -0.3 is 0 Å². The zero-order valence-corrected chi connectivity index (χ0v) is 9.03. The van der Waals surface area contributed by atoms with Gasteiger partial charge in [-0.2, -0.15) is 8.42 Å². The molecule has 0 aliphatic heterocycles. The molecule has 0 aromatic carbocycles. The first-order valence-electron chi connectivity index (χ1n) is 3.90. The Bertz CT molecular complexity index is 354. The van der Waals surface area contributed by atoms with E-state index in [-0.39, 0.29) is 5.92 Å². The van der Waals surface area contributed by atoms with Gasteiger partial charge in [0.1, 0.15) is 5.25 Å². The fourth-order valence-electron chi connectivity index (χ4n) is 1.25. The van der Waals surface area contributed by atoms with Gasteiger partial charge in [0.15, 0.2) is 0 Å². The Balaban J connectivity index is 3.09. The van der Waals surface area contributed by atoms with Crippen molar-refractivity contribution in [3.63, 3.8) is 0 Å². The van der Waals surface area contributed by atoms with E-state index < -0.39 is 15.5 Å². The molecule has 74 valence electrons. The Morgan fingerprint density at radius 2 is 2.08 bits per heavy atom. The summed E-state index contributed by atoms with van der Waals surface area (Å²) in [5, 5.41) is 0.739. The van der Waals surface area contributed by atoms with E-state index in [4.69, 9.17) is 0 Å². The molecule has 5 heteroatoms. The van der Waals surface area contributed by atoms with E-state index in [0.29, 0.717) is 4.88 Å². The number of rotatable bonds is 3. The highest BCUT2D eigenvalue weighted by Gasteiger charge is 2.30. The van der Waals surface area contributed by atoms with E-state index >= 15 is 0 Å². The molecule has 0 bridgehead atoms.